The molecular formula is C20H17Cl3N4O2S. The van der Waals surface area contributed by atoms with Crippen LogP contribution in [-0.2, 0) is 11.3 Å². The molecule has 0 aliphatic carbocycles. The molecule has 1 amide bonds. The number of methoxy groups -OCH3 is 1. The largest absolute Gasteiger partial charge is 0.496 e. The van der Waals surface area contributed by atoms with Crippen molar-refractivity contribution in [3.8, 4) is 17.1 Å². The summed E-state index contributed by atoms with van der Waals surface area (Å²) in [4.78, 5) is 12.4. The van der Waals surface area contributed by atoms with Crippen LogP contribution in [0.4, 0.5) is 5.69 Å². The molecule has 0 unspecified atom stereocenters. The van der Waals surface area contributed by atoms with Gasteiger partial charge in [0.05, 0.1) is 39.2 Å². The second-order valence-corrected chi connectivity index (χ2v) is 8.15. The molecule has 10 heteroatoms. The van der Waals surface area contributed by atoms with Gasteiger partial charge in [-0.25, -0.2) is 0 Å². The van der Waals surface area contributed by atoms with Crippen molar-refractivity contribution in [3.05, 3.63) is 64.1 Å². The number of hydrogen-bond donors (Lipinski definition) is 1. The summed E-state index contributed by atoms with van der Waals surface area (Å²) in [7, 11) is 1.60. The van der Waals surface area contributed by atoms with Crippen molar-refractivity contribution in [1.29, 1.82) is 0 Å². The average molecular weight is 484 g/mol. The molecule has 0 radical (unpaired) electrons. The van der Waals surface area contributed by atoms with Crippen LogP contribution >= 0.6 is 46.6 Å². The molecule has 0 spiro atoms. The van der Waals surface area contributed by atoms with Crippen LogP contribution in [0.2, 0.25) is 15.1 Å². The van der Waals surface area contributed by atoms with Crippen molar-refractivity contribution in [2.75, 3.05) is 18.2 Å². The molecule has 0 aliphatic rings. The summed E-state index contributed by atoms with van der Waals surface area (Å²) < 4.78 is 7.30. The first-order valence-corrected chi connectivity index (χ1v) is 10.8. The van der Waals surface area contributed by atoms with E-state index in [0.717, 1.165) is 5.56 Å². The summed E-state index contributed by atoms with van der Waals surface area (Å²) in [6.07, 6.45) is 1.74. The van der Waals surface area contributed by atoms with Gasteiger partial charge in [-0.1, -0.05) is 64.8 Å². The number of ether oxygens (including phenoxy) is 1. The Kier molecular flexibility index (Phi) is 7.66. The van der Waals surface area contributed by atoms with Crippen LogP contribution in [0.25, 0.3) is 11.4 Å². The highest BCUT2D eigenvalue weighted by atomic mass is 35.5. The molecule has 6 nitrogen and oxygen atoms in total. The number of nitrogens with one attached hydrogen (secondary N) is 1. The number of rotatable bonds is 8. The molecule has 1 heterocycles. The topological polar surface area (TPSA) is 69.0 Å². The Bertz CT molecular complexity index is 1090. The second-order valence-electron chi connectivity index (χ2n) is 5.99. The number of thioether (sulfide) groups is 1. The summed E-state index contributed by atoms with van der Waals surface area (Å²) in [5.74, 6) is 1.13. The van der Waals surface area contributed by atoms with Gasteiger partial charge in [0.1, 0.15) is 5.75 Å². The standard InChI is InChI=1S/C20H17Cl3N4O2S/c1-3-8-27-19(12-6-4-5-7-17(12)29-2)25-26-20(27)30-11-18(28)24-16-10-14(22)13(21)9-15(16)23/h3-7,9-10H,1,8,11H2,2H3,(H,24,28). The van der Waals surface area contributed by atoms with E-state index in [4.69, 9.17) is 39.5 Å². The van der Waals surface area contributed by atoms with Crippen LogP contribution < -0.4 is 10.1 Å². The van der Waals surface area contributed by atoms with Gasteiger partial charge in [0, 0.05) is 6.54 Å². The molecule has 0 bridgehead atoms. The number of hydrogen-bond acceptors (Lipinski definition) is 5. The number of amides is 1. The van der Waals surface area contributed by atoms with Gasteiger partial charge in [-0.05, 0) is 24.3 Å². The Morgan fingerprint density at radius 3 is 2.67 bits per heavy atom. The van der Waals surface area contributed by atoms with Crippen LogP contribution in [0.5, 0.6) is 5.75 Å². The minimum absolute atomic E-state index is 0.0950. The zero-order chi connectivity index (χ0) is 21.7. The first-order valence-electron chi connectivity index (χ1n) is 8.69. The first kappa shape index (κ1) is 22.5. The van der Waals surface area contributed by atoms with E-state index >= 15 is 0 Å². The predicted molar refractivity (Wildman–Crippen MR) is 123 cm³/mol. The fourth-order valence-corrected chi connectivity index (χ4v) is 3.99. The lowest BCUT2D eigenvalue weighted by Gasteiger charge is -2.11. The van der Waals surface area contributed by atoms with Crippen molar-refractivity contribution >= 4 is 58.2 Å². The summed E-state index contributed by atoms with van der Waals surface area (Å²) in [6, 6.07) is 10.5. The van der Waals surface area contributed by atoms with Gasteiger partial charge in [-0.2, -0.15) is 0 Å². The molecule has 30 heavy (non-hydrogen) atoms. The highest BCUT2D eigenvalue weighted by molar-refractivity contribution is 7.99. The van der Waals surface area contributed by atoms with E-state index in [2.05, 4.69) is 22.1 Å². The molecule has 2 aromatic carbocycles. The van der Waals surface area contributed by atoms with E-state index in [0.29, 0.717) is 44.0 Å². The van der Waals surface area contributed by atoms with Gasteiger partial charge >= 0.3 is 0 Å². The monoisotopic (exact) mass is 482 g/mol. The second kappa shape index (κ2) is 10.2. The number of anilines is 1. The van der Waals surface area contributed by atoms with Crippen molar-refractivity contribution in [2.24, 2.45) is 0 Å². The Labute approximate surface area is 193 Å². The Hall–Kier alpha value is -2.19. The Morgan fingerprint density at radius 2 is 1.93 bits per heavy atom. The van der Waals surface area contributed by atoms with E-state index in [-0.39, 0.29) is 11.7 Å². The predicted octanol–water partition coefficient (Wildman–Crippen LogP) is 5.83. The SMILES string of the molecule is C=CCn1c(SCC(=O)Nc2cc(Cl)c(Cl)cc2Cl)nnc1-c1ccccc1OC. The van der Waals surface area contributed by atoms with Crippen LogP contribution in [0.15, 0.2) is 54.2 Å². The molecule has 0 fully saturated rings. The molecule has 0 saturated heterocycles. The number of allylic oxidation sites excluding steroid dienone is 1. The van der Waals surface area contributed by atoms with Crippen molar-refractivity contribution < 1.29 is 9.53 Å². The lowest BCUT2D eigenvalue weighted by molar-refractivity contribution is -0.113. The van der Waals surface area contributed by atoms with Gasteiger partial charge in [0.15, 0.2) is 11.0 Å². The molecule has 3 rings (SSSR count). The summed E-state index contributed by atoms with van der Waals surface area (Å²) in [5.41, 5.74) is 1.19. The fraction of sp³-hybridized carbons (Fsp3) is 0.150. The smallest absolute Gasteiger partial charge is 0.234 e. The van der Waals surface area contributed by atoms with E-state index in [9.17, 15) is 4.79 Å². The molecular weight excluding hydrogens is 467 g/mol. The van der Waals surface area contributed by atoms with E-state index in [1.807, 2.05) is 28.8 Å². The number of para-hydroxylation sites is 1. The van der Waals surface area contributed by atoms with Crippen molar-refractivity contribution in [1.82, 2.24) is 14.8 Å². The Morgan fingerprint density at radius 1 is 1.20 bits per heavy atom. The third kappa shape index (κ3) is 5.10. The molecule has 156 valence electrons. The summed E-state index contributed by atoms with van der Waals surface area (Å²) in [5, 5.41) is 12.7. The van der Waals surface area contributed by atoms with E-state index in [1.54, 1.807) is 13.2 Å². The van der Waals surface area contributed by atoms with Crippen LogP contribution in [0, 0.1) is 0 Å². The van der Waals surface area contributed by atoms with Crippen LogP contribution in [0.3, 0.4) is 0 Å². The van der Waals surface area contributed by atoms with E-state index < -0.39 is 0 Å². The maximum atomic E-state index is 12.4. The normalized spacial score (nSPS) is 10.7. The quantitative estimate of drug-likeness (QED) is 0.248. The Balaban J connectivity index is 1.77. The maximum absolute atomic E-state index is 12.4. The lowest BCUT2D eigenvalue weighted by atomic mass is 10.2. The average Bonchev–Trinajstić information content (AvgIpc) is 3.13. The van der Waals surface area contributed by atoms with Gasteiger partial charge in [-0.15, -0.1) is 16.8 Å². The van der Waals surface area contributed by atoms with Crippen LogP contribution in [0.1, 0.15) is 0 Å². The van der Waals surface area contributed by atoms with Gasteiger partial charge in [-0.3, -0.25) is 9.36 Å². The van der Waals surface area contributed by atoms with Crippen LogP contribution in [-0.4, -0.2) is 33.5 Å². The minimum atomic E-state index is -0.271. The van der Waals surface area contributed by atoms with Gasteiger partial charge in [0.2, 0.25) is 5.91 Å². The third-order valence-electron chi connectivity index (χ3n) is 3.99. The third-order valence-corrected chi connectivity index (χ3v) is 5.99. The maximum Gasteiger partial charge on any atom is 0.234 e. The number of carbonyl (C=O) groups is 1. The first-order chi connectivity index (χ1) is 14.4. The molecule has 0 aliphatic heterocycles. The lowest BCUT2D eigenvalue weighted by Crippen LogP contribution is -2.15. The number of aromatic nitrogens is 3. The fourth-order valence-electron chi connectivity index (χ4n) is 2.65. The zero-order valence-corrected chi connectivity index (χ0v) is 18.9. The van der Waals surface area contributed by atoms with E-state index in [1.165, 1.54) is 23.9 Å². The molecule has 1 N–H and O–H groups in total. The van der Waals surface area contributed by atoms with Gasteiger partial charge < -0.3 is 10.1 Å². The number of halogens is 3. The number of benzene rings is 2. The number of carbonyl (C=O) groups excluding carboxylic acids is 1. The molecule has 0 saturated carbocycles. The molecule has 0 atom stereocenters. The molecule has 1 aromatic heterocycles. The summed E-state index contributed by atoms with van der Waals surface area (Å²) in [6.45, 7) is 4.27. The minimum Gasteiger partial charge on any atom is -0.496 e. The summed E-state index contributed by atoms with van der Waals surface area (Å²) >= 11 is 19.3. The molecule has 3 aromatic rings. The number of nitrogens with zero attached hydrogens (tertiary/aromatic N) is 3. The highest BCUT2D eigenvalue weighted by Crippen LogP contribution is 2.33. The van der Waals surface area contributed by atoms with Crippen molar-refractivity contribution in [3.63, 3.8) is 0 Å². The van der Waals surface area contributed by atoms with Gasteiger partial charge in [0.25, 0.3) is 0 Å². The zero-order valence-electron chi connectivity index (χ0n) is 15.9. The van der Waals surface area contributed by atoms with Crippen molar-refractivity contribution in [2.45, 2.75) is 11.7 Å². The highest BCUT2D eigenvalue weighted by Gasteiger charge is 2.18.